The van der Waals surface area contributed by atoms with Crippen LogP contribution in [0.5, 0.6) is 0 Å². The fourth-order valence-electron chi connectivity index (χ4n) is 3.21. The lowest BCUT2D eigenvalue weighted by Crippen LogP contribution is -2.27. The summed E-state index contributed by atoms with van der Waals surface area (Å²) >= 11 is 0. The number of nitrogens with zero attached hydrogens (tertiary/aromatic N) is 2. The van der Waals surface area contributed by atoms with Crippen LogP contribution in [-0.2, 0) is 0 Å². The van der Waals surface area contributed by atoms with Gasteiger partial charge in [-0.15, -0.1) is 0 Å². The summed E-state index contributed by atoms with van der Waals surface area (Å²) in [6, 6.07) is 8.75. The first-order valence-electron chi connectivity index (χ1n) is 7.92. The highest BCUT2D eigenvalue weighted by Gasteiger charge is 2.22. The van der Waals surface area contributed by atoms with E-state index in [2.05, 4.69) is 34.5 Å². The molecule has 1 heterocycles. The second-order valence-corrected chi connectivity index (χ2v) is 5.97. The molecule has 1 N–H and O–H groups in total. The molecule has 0 saturated heterocycles. The van der Waals surface area contributed by atoms with E-state index < -0.39 is 0 Å². The van der Waals surface area contributed by atoms with Crippen LogP contribution in [0.25, 0.3) is 11.5 Å². The first-order chi connectivity index (χ1) is 10.3. The summed E-state index contributed by atoms with van der Waals surface area (Å²) in [5.74, 6) is 2.12. The molecule has 2 atom stereocenters. The predicted octanol–water partition coefficient (Wildman–Crippen LogP) is 4.43. The lowest BCUT2D eigenvalue weighted by atomic mass is 9.84. The Kier molecular flexibility index (Phi) is 4.23. The Bertz CT molecular complexity index is 593. The zero-order chi connectivity index (χ0) is 14.7. The molecule has 4 heteroatoms. The molecule has 1 aliphatic rings. The van der Waals surface area contributed by atoms with Crippen LogP contribution >= 0.6 is 0 Å². The van der Waals surface area contributed by atoms with Gasteiger partial charge in [-0.2, -0.15) is 4.98 Å². The van der Waals surface area contributed by atoms with Gasteiger partial charge in [0.2, 0.25) is 0 Å². The van der Waals surface area contributed by atoms with Gasteiger partial charge in [0.15, 0.2) is 5.82 Å². The average Bonchev–Trinajstić information content (AvgIpc) is 2.94. The van der Waals surface area contributed by atoms with Crippen LogP contribution in [0.1, 0.15) is 44.9 Å². The van der Waals surface area contributed by atoms with Crippen molar-refractivity contribution in [2.24, 2.45) is 5.92 Å². The topological polar surface area (TPSA) is 51.0 Å². The lowest BCUT2D eigenvalue weighted by Gasteiger charge is -2.30. The van der Waals surface area contributed by atoms with Gasteiger partial charge in [0.25, 0.3) is 5.89 Å². The molecule has 0 spiro atoms. The zero-order valence-electron chi connectivity index (χ0n) is 12.8. The van der Waals surface area contributed by atoms with Gasteiger partial charge in [-0.25, -0.2) is 0 Å². The highest BCUT2D eigenvalue weighted by atomic mass is 16.5. The van der Waals surface area contributed by atoms with Crippen LogP contribution in [0.4, 0.5) is 5.69 Å². The molecule has 21 heavy (non-hydrogen) atoms. The molecule has 2 aromatic rings. The number of hydrogen-bond acceptors (Lipinski definition) is 4. The minimum Gasteiger partial charge on any atom is -0.382 e. The Morgan fingerprint density at radius 3 is 2.90 bits per heavy atom. The average molecular weight is 285 g/mol. The number of nitrogens with one attached hydrogen (secondary N) is 1. The molecule has 112 valence electrons. The summed E-state index contributed by atoms with van der Waals surface area (Å²) in [7, 11) is 0. The molecule has 4 nitrogen and oxygen atoms in total. The van der Waals surface area contributed by atoms with Crippen LogP contribution < -0.4 is 5.32 Å². The molecule has 2 unspecified atom stereocenters. The number of para-hydroxylation sites is 1. The van der Waals surface area contributed by atoms with E-state index in [9.17, 15) is 0 Å². The molecule has 0 bridgehead atoms. The summed E-state index contributed by atoms with van der Waals surface area (Å²) in [4.78, 5) is 4.35. The Morgan fingerprint density at radius 2 is 2.14 bits per heavy atom. The van der Waals surface area contributed by atoms with Gasteiger partial charge in [-0.05, 0) is 37.8 Å². The summed E-state index contributed by atoms with van der Waals surface area (Å²) < 4.78 is 5.32. The highest BCUT2D eigenvalue weighted by molar-refractivity contribution is 5.72. The predicted molar refractivity (Wildman–Crippen MR) is 84.1 cm³/mol. The van der Waals surface area contributed by atoms with Crippen LogP contribution in [0.15, 0.2) is 28.8 Å². The molecule has 1 saturated carbocycles. The smallest absolute Gasteiger partial charge is 0.260 e. The monoisotopic (exact) mass is 285 g/mol. The SMILES string of the molecule is CCC1CCCC(Nc2ccccc2-c2nc(C)no2)C1. The normalized spacial score (nSPS) is 22.2. The van der Waals surface area contributed by atoms with Crippen LogP contribution in [0, 0.1) is 12.8 Å². The van der Waals surface area contributed by atoms with Crippen molar-refractivity contribution in [1.82, 2.24) is 10.1 Å². The van der Waals surface area contributed by atoms with Crippen molar-refractivity contribution in [1.29, 1.82) is 0 Å². The third kappa shape index (κ3) is 3.26. The van der Waals surface area contributed by atoms with Gasteiger partial charge < -0.3 is 9.84 Å². The number of rotatable bonds is 4. The van der Waals surface area contributed by atoms with Crippen molar-refractivity contribution >= 4 is 5.69 Å². The molecule has 0 amide bonds. The van der Waals surface area contributed by atoms with E-state index >= 15 is 0 Å². The molecule has 1 aliphatic carbocycles. The van der Waals surface area contributed by atoms with Gasteiger partial charge in [0.1, 0.15) is 0 Å². The molecule has 1 aromatic heterocycles. The van der Waals surface area contributed by atoms with Gasteiger partial charge >= 0.3 is 0 Å². The zero-order valence-corrected chi connectivity index (χ0v) is 12.8. The quantitative estimate of drug-likeness (QED) is 0.903. The third-order valence-electron chi connectivity index (χ3n) is 4.40. The number of hydrogen-bond donors (Lipinski definition) is 1. The molecule has 1 aromatic carbocycles. The van der Waals surface area contributed by atoms with Crippen molar-refractivity contribution in [3.05, 3.63) is 30.1 Å². The second-order valence-electron chi connectivity index (χ2n) is 5.97. The molecule has 0 aliphatic heterocycles. The summed E-state index contributed by atoms with van der Waals surface area (Å²) in [6.07, 6.45) is 6.47. The minimum atomic E-state index is 0.550. The van der Waals surface area contributed by atoms with E-state index in [1.54, 1.807) is 0 Å². The van der Waals surface area contributed by atoms with Crippen molar-refractivity contribution in [2.45, 2.75) is 52.0 Å². The Labute approximate surface area is 126 Å². The molecular weight excluding hydrogens is 262 g/mol. The second kappa shape index (κ2) is 6.29. The number of aromatic nitrogens is 2. The van der Waals surface area contributed by atoms with Gasteiger partial charge in [0, 0.05) is 11.7 Å². The lowest BCUT2D eigenvalue weighted by molar-refractivity contribution is 0.327. The van der Waals surface area contributed by atoms with Crippen molar-refractivity contribution < 1.29 is 4.52 Å². The van der Waals surface area contributed by atoms with E-state index in [1.165, 1.54) is 32.1 Å². The van der Waals surface area contributed by atoms with E-state index in [1.807, 2.05) is 19.1 Å². The molecular formula is C17H23N3O. The maximum absolute atomic E-state index is 5.32. The Hall–Kier alpha value is -1.84. The number of aryl methyl sites for hydroxylation is 1. The third-order valence-corrected chi connectivity index (χ3v) is 4.40. The number of anilines is 1. The molecule has 3 rings (SSSR count). The van der Waals surface area contributed by atoms with Crippen molar-refractivity contribution in [2.75, 3.05) is 5.32 Å². The van der Waals surface area contributed by atoms with E-state index in [-0.39, 0.29) is 0 Å². The summed E-state index contributed by atoms with van der Waals surface area (Å²) in [5, 5.41) is 7.59. The maximum Gasteiger partial charge on any atom is 0.260 e. The fraction of sp³-hybridized carbons (Fsp3) is 0.529. The fourth-order valence-corrected chi connectivity index (χ4v) is 3.21. The largest absolute Gasteiger partial charge is 0.382 e. The van der Waals surface area contributed by atoms with Gasteiger partial charge in [-0.3, -0.25) is 0 Å². The van der Waals surface area contributed by atoms with Gasteiger partial charge in [0.05, 0.1) is 5.56 Å². The minimum absolute atomic E-state index is 0.550. The van der Waals surface area contributed by atoms with Crippen molar-refractivity contribution in [3.8, 4) is 11.5 Å². The first-order valence-corrected chi connectivity index (χ1v) is 7.92. The standard InChI is InChI=1S/C17H23N3O/c1-3-13-7-6-8-14(11-13)19-16-10-5-4-9-15(16)17-18-12(2)20-21-17/h4-5,9-10,13-14,19H,3,6-8,11H2,1-2H3. The maximum atomic E-state index is 5.32. The van der Waals surface area contributed by atoms with Crippen molar-refractivity contribution in [3.63, 3.8) is 0 Å². The van der Waals surface area contributed by atoms with Gasteiger partial charge in [-0.1, -0.05) is 43.5 Å². The highest BCUT2D eigenvalue weighted by Crippen LogP contribution is 2.32. The Balaban J connectivity index is 1.79. The van der Waals surface area contributed by atoms with E-state index in [0.717, 1.165) is 17.2 Å². The van der Waals surface area contributed by atoms with Crippen LogP contribution in [0.3, 0.4) is 0 Å². The molecule has 0 radical (unpaired) electrons. The van der Waals surface area contributed by atoms with Crippen LogP contribution in [0.2, 0.25) is 0 Å². The number of benzene rings is 1. The molecule has 1 fully saturated rings. The summed E-state index contributed by atoms with van der Waals surface area (Å²) in [5.41, 5.74) is 2.10. The first kappa shape index (κ1) is 14.1. The van der Waals surface area contributed by atoms with Crippen LogP contribution in [-0.4, -0.2) is 16.2 Å². The Morgan fingerprint density at radius 1 is 1.29 bits per heavy atom. The van der Waals surface area contributed by atoms with E-state index in [4.69, 9.17) is 4.52 Å². The summed E-state index contributed by atoms with van der Waals surface area (Å²) in [6.45, 7) is 4.14. The van der Waals surface area contributed by atoms with E-state index in [0.29, 0.717) is 17.8 Å².